The van der Waals surface area contributed by atoms with Crippen molar-refractivity contribution in [3.05, 3.63) is 146 Å². The molecule has 6 aromatic carbocycles. The van der Waals surface area contributed by atoms with E-state index in [0.29, 0.717) is 0 Å². The van der Waals surface area contributed by atoms with Crippen molar-refractivity contribution in [3.8, 4) is 17.3 Å². The van der Waals surface area contributed by atoms with Gasteiger partial charge < -0.3 is 4.74 Å². The van der Waals surface area contributed by atoms with Gasteiger partial charge in [-0.25, -0.2) is 9.97 Å². The predicted molar refractivity (Wildman–Crippen MR) is 199 cm³/mol. The number of nitrogens with zero attached hydrogens (tertiary/aromatic N) is 4. The van der Waals surface area contributed by atoms with Crippen molar-refractivity contribution in [2.45, 2.75) is 0 Å². The number of pyridine rings is 2. The second-order valence-electron chi connectivity index (χ2n) is 12.3. The average Bonchev–Trinajstić information content (AvgIpc) is 3.81. The maximum Gasteiger partial charge on any atom is 0.146 e. The maximum absolute atomic E-state index is 6.66. The third-order valence-corrected chi connectivity index (χ3v) is 10.7. The number of hydrogen-bond acceptors (Lipinski definition) is 4. The normalized spacial score (nSPS) is 12.2. The van der Waals surface area contributed by atoms with Crippen LogP contribution in [0.5, 0.6) is 11.5 Å². The van der Waals surface area contributed by atoms with Gasteiger partial charge in [0, 0.05) is 54.0 Å². The van der Waals surface area contributed by atoms with Crippen molar-refractivity contribution in [3.63, 3.8) is 0 Å². The van der Waals surface area contributed by atoms with E-state index in [1.165, 1.54) is 30.9 Å². The summed E-state index contributed by atoms with van der Waals surface area (Å²) < 4.78 is 13.8. The first kappa shape index (κ1) is 25.9. The zero-order valence-corrected chi connectivity index (χ0v) is 26.3. The second kappa shape index (κ2) is 9.64. The van der Waals surface area contributed by atoms with Crippen LogP contribution in [0.4, 0.5) is 0 Å². The molecular weight excluding hydrogens is 609 g/mol. The van der Waals surface area contributed by atoms with Crippen molar-refractivity contribution in [2.75, 3.05) is 0 Å². The summed E-state index contributed by atoms with van der Waals surface area (Å²) >= 11 is 1.85. The van der Waals surface area contributed by atoms with E-state index in [0.717, 1.165) is 66.7 Å². The molecule has 0 atom stereocenters. The van der Waals surface area contributed by atoms with Gasteiger partial charge in [-0.05, 0) is 84.2 Å². The summed E-state index contributed by atoms with van der Waals surface area (Å²) in [5, 5.41) is 8.33. The number of rotatable bonds is 3. The zero-order valence-electron chi connectivity index (χ0n) is 25.5. The highest BCUT2D eigenvalue weighted by Gasteiger charge is 2.18. The van der Waals surface area contributed by atoms with Gasteiger partial charge in [-0.15, -0.1) is 11.3 Å². The molecule has 0 spiro atoms. The van der Waals surface area contributed by atoms with Crippen LogP contribution in [0.1, 0.15) is 0 Å². The van der Waals surface area contributed by atoms with Crippen LogP contribution in [-0.2, 0) is 0 Å². The molecule has 0 N–H and O–H groups in total. The Labute approximate surface area is 277 Å². The fourth-order valence-electron chi connectivity index (χ4n) is 7.50. The van der Waals surface area contributed by atoms with Crippen molar-refractivity contribution in [1.82, 2.24) is 18.9 Å². The van der Waals surface area contributed by atoms with Crippen LogP contribution in [0, 0.1) is 0 Å². The topological polar surface area (TPSA) is 44.4 Å². The smallest absolute Gasteiger partial charge is 0.146 e. The number of imidazole rings is 1. The molecule has 0 saturated heterocycles. The summed E-state index contributed by atoms with van der Waals surface area (Å²) in [5.41, 5.74) is 6.31. The van der Waals surface area contributed by atoms with Gasteiger partial charge in [0.15, 0.2) is 0 Å². The highest BCUT2D eigenvalue weighted by atomic mass is 32.1. The molecule has 0 radical (unpaired) electrons. The molecule has 11 aromatic rings. The summed E-state index contributed by atoms with van der Waals surface area (Å²) in [4.78, 5) is 9.87. The van der Waals surface area contributed by atoms with Crippen LogP contribution in [-0.4, -0.2) is 18.9 Å². The average molecular weight is 633 g/mol. The van der Waals surface area contributed by atoms with E-state index in [9.17, 15) is 0 Å². The number of ether oxygens (including phenoxy) is 1. The highest BCUT2D eigenvalue weighted by Crippen LogP contribution is 2.41. The number of para-hydroxylation sites is 3. The Kier molecular flexibility index (Phi) is 5.20. The Balaban J connectivity index is 1.14. The van der Waals surface area contributed by atoms with Gasteiger partial charge >= 0.3 is 0 Å². The number of aromatic nitrogens is 4. The summed E-state index contributed by atoms with van der Waals surface area (Å²) in [7, 11) is 0. The molecule has 48 heavy (non-hydrogen) atoms. The van der Waals surface area contributed by atoms with Crippen LogP contribution >= 0.6 is 11.3 Å². The number of thiophene rings is 1. The molecular formula is C42H24N4OS. The van der Waals surface area contributed by atoms with Crippen LogP contribution in [0.3, 0.4) is 0 Å². The molecule has 6 heteroatoms. The quantitative estimate of drug-likeness (QED) is 0.182. The van der Waals surface area contributed by atoms with E-state index in [1.54, 1.807) is 0 Å². The first-order valence-electron chi connectivity index (χ1n) is 16.0. The number of hydrogen-bond donors (Lipinski definition) is 0. The Hall–Kier alpha value is -6.24. The molecule has 0 aliphatic carbocycles. The molecule has 0 fully saturated rings. The fraction of sp³-hybridized carbons (Fsp3) is 0. The van der Waals surface area contributed by atoms with Crippen molar-refractivity contribution < 1.29 is 4.74 Å². The van der Waals surface area contributed by atoms with Gasteiger partial charge in [-0.3, -0.25) is 8.97 Å². The van der Waals surface area contributed by atoms with Gasteiger partial charge in [0.25, 0.3) is 0 Å². The molecule has 0 amide bonds. The van der Waals surface area contributed by atoms with Crippen LogP contribution in [0.15, 0.2) is 146 Å². The number of benzene rings is 6. The Bertz CT molecular complexity index is 3100. The minimum absolute atomic E-state index is 0.763. The minimum Gasteiger partial charge on any atom is -0.457 e. The van der Waals surface area contributed by atoms with E-state index in [2.05, 4.69) is 135 Å². The molecule has 11 rings (SSSR count). The predicted octanol–water partition coefficient (Wildman–Crippen LogP) is 11.4. The SMILES string of the molecule is c1ccc(-n2c3ccccc3c3ccc(Oc4ccc5c6cc7sc8ccccc8c7cc6n6c7ccccc7nc6c5c4)cc32)nc1. The van der Waals surface area contributed by atoms with Gasteiger partial charge in [0.2, 0.25) is 0 Å². The Morgan fingerprint density at radius 2 is 1.23 bits per heavy atom. The van der Waals surface area contributed by atoms with Gasteiger partial charge in [0.1, 0.15) is 23.0 Å². The molecule has 5 aromatic heterocycles. The molecule has 5 heterocycles. The lowest BCUT2D eigenvalue weighted by molar-refractivity contribution is 0.484. The summed E-state index contributed by atoms with van der Waals surface area (Å²) in [5.74, 6) is 2.40. The van der Waals surface area contributed by atoms with Crippen molar-refractivity contribution >= 4 is 91.7 Å². The molecule has 0 unspecified atom stereocenters. The molecule has 5 nitrogen and oxygen atoms in total. The molecule has 0 aliphatic rings. The van der Waals surface area contributed by atoms with Crippen molar-refractivity contribution in [1.29, 1.82) is 0 Å². The first-order chi connectivity index (χ1) is 23.8. The molecule has 0 bridgehead atoms. The number of fused-ring (bicyclic) bond motifs is 14. The van der Waals surface area contributed by atoms with E-state index in [1.807, 2.05) is 35.7 Å². The second-order valence-corrected chi connectivity index (χ2v) is 13.3. The third-order valence-electron chi connectivity index (χ3n) is 9.58. The van der Waals surface area contributed by atoms with Gasteiger partial charge in [-0.2, -0.15) is 0 Å². The van der Waals surface area contributed by atoms with Gasteiger partial charge in [0.05, 0.1) is 27.6 Å². The fourth-order valence-corrected chi connectivity index (χ4v) is 8.63. The Morgan fingerprint density at radius 1 is 0.479 bits per heavy atom. The van der Waals surface area contributed by atoms with E-state index < -0.39 is 0 Å². The summed E-state index contributed by atoms with van der Waals surface area (Å²) in [6.07, 6.45) is 1.83. The van der Waals surface area contributed by atoms with E-state index in [4.69, 9.17) is 9.72 Å². The highest BCUT2D eigenvalue weighted by molar-refractivity contribution is 7.25. The molecule has 224 valence electrons. The van der Waals surface area contributed by atoms with E-state index in [-0.39, 0.29) is 0 Å². The van der Waals surface area contributed by atoms with Crippen molar-refractivity contribution in [2.24, 2.45) is 0 Å². The lowest BCUT2D eigenvalue weighted by Gasteiger charge is -2.12. The molecule has 0 saturated carbocycles. The summed E-state index contributed by atoms with van der Waals surface area (Å²) in [6, 6.07) is 49.0. The van der Waals surface area contributed by atoms with Gasteiger partial charge in [-0.1, -0.05) is 54.6 Å². The largest absolute Gasteiger partial charge is 0.457 e. The lowest BCUT2D eigenvalue weighted by Crippen LogP contribution is -1.96. The zero-order chi connectivity index (χ0) is 31.3. The van der Waals surface area contributed by atoms with E-state index >= 15 is 0 Å². The maximum atomic E-state index is 6.66. The lowest BCUT2D eigenvalue weighted by atomic mass is 10.0. The summed E-state index contributed by atoms with van der Waals surface area (Å²) in [6.45, 7) is 0. The Morgan fingerprint density at radius 3 is 2.12 bits per heavy atom. The minimum atomic E-state index is 0.763. The van der Waals surface area contributed by atoms with Crippen LogP contribution in [0.25, 0.3) is 86.2 Å². The first-order valence-corrected chi connectivity index (χ1v) is 16.8. The standard InChI is InChI=1S/C42H24N4OS/c1-4-12-35-28(9-1)29-19-17-26(22-37(29)45(35)41-15-7-8-20-43-41)47-25-16-18-27-31-24-40-32(30-10-2-6-14-39(30)48-40)23-38(31)46-36-13-5-3-11-34(36)44-42(46)33(27)21-25/h1-24H. The van der Waals surface area contributed by atoms with Crippen LogP contribution in [0.2, 0.25) is 0 Å². The third kappa shape index (κ3) is 3.60. The molecule has 0 aliphatic heterocycles. The monoisotopic (exact) mass is 632 g/mol. The van der Waals surface area contributed by atoms with Crippen LogP contribution < -0.4 is 4.74 Å².